The fourth-order valence-electron chi connectivity index (χ4n) is 0.790. The van der Waals surface area contributed by atoms with Gasteiger partial charge in [-0.05, 0) is 12.2 Å². The van der Waals surface area contributed by atoms with Crippen LogP contribution in [0, 0.1) is 0 Å². The smallest absolute Gasteiger partial charge is 0.131 e. The summed E-state index contributed by atoms with van der Waals surface area (Å²) in [6.45, 7) is 0.817. The molecule has 0 amide bonds. The highest BCUT2D eigenvalue weighted by atomic mass is 32.2. The number of hydrogen-bond acceptors (Lipinski definition) is 6. The van der Waals surface area contributed by atoms with Gasteiger partial charge in [0.1, 0.15) is 10.7 Å². The van der Waals surface area contributed by atoms with Gasteiger partial charge in [-0.2, -0.15) is 11.8 Å². The first-order chi connectivity index (χ1) is 6.34. The molecule has 74 valence electrons. The minimum absolute atomic E-state index is 0.735. The molecule has 0 atom stereocenters. The summed E-state index contributed by atoms with van der Waals surface area (Å²) >= 11 is 3.06. The molecule has 13 heavy (non-hydrogen) atoms. The number of anilines is 1. The summed E-state index contributed by atoms with van der Waals surface area (Å²) in [6.07, 6.45) is 1.07. The van der Waals surface area contributed by atoms with Gasteiger partial charge < -0.3 is 10.5 Å². The molecular formula is C7H13N3OS2. The van der Waals surface area contributed by atoms with Crippen molar-refractivity contribution in [3.8, 4) is 0 Å². The van der Waals surface area contributed by atoms with Crippen LogP contribution in [0.3, 0.4) is 0 Å². The van der Waals surface area contributed by atoms with Crippen molar-refractivity contribution >= 4 is 28.3 Å². The van der Waals surface area contributed by atoms with E-state index >= 15 is 0 Å². The number of nitrogens with two attached hydrogens (primary N) is 1. The molecule has 0 spiro atoms. The molecular weight excluding hydrogens is 206 g/mol. The van der Waals surface area contributed by atoms with Gasteiger partial charge in [-0.15, -0.1) is 5.10 Å². The predicted molar refractivity (Wildman–Crippen MR) is 57.0 cm³/mol. The molecule has 0 fully saturated rings. The Morgan fingerprint density at radius 3 is 3.08 bits per heavy atom. The fourth-order valence-corrected chi connectivity index (χ4v) is 2.20. The van der Waals surface area contributed by atoms with E-state index in [-0.39, 0.29) is 0 Å². The van der Waals surface area contributed by atoms with Crippen LogP contribution >= 0.6 is 23.3 Å². The molecule has 0 aliphatic heterocycles. The average Bonchev–Trinajstić information content (AvgIpc) is 2.52. The summed E-state index contributed by atoms with van der Waals surface area (Å²) in [6, 6.07) is 0. The first-order valence-corrected chi connectivity index (χ1v) is 5.90. The van der Waals surface area contributed by atoms with E-state index in [2.05, 4.69) is 9.59 Å². The van der Waals surface area contributed by atoms with Crippen LogP contribution in [-0.4, -0.2) is 29.1 Å². The largest absolute Gasteiger partial charge is 0.388 e. The first-order valence-electron chi connectivity index (χ1n) is 3.98. The number of aromatic nitrogens is 2. The number of ether oxygens (including phenoxy) is 1. The second kappa shape index (κ2) is 6.17. The van der Waals surface area contributed by atoms with Crippen molar-refractivity contribution in [2.45, 2.75) is 12.2 Å². The molecule has 1 aromatic rings. The maximum Gasteiger partial charge on any atom is 0.131 e. The Balaban J connectivity index is 2.10. The van der Waals surface area contributed by atoms with Crippen LogP contribution in [0.1, 0.15) is 12.1 Å². The molecule has 0 saturated carbocycles. The molecule has 4 nitrogen and oxygen atoms in total. The van der Waals surface area contributed by atoms with Gasteiger partial charge >= 0.3 is 0 Å². The Hall–Kier alpha value is -0.330. The highest BCUT2D eigenvalue weighted by Crippen LogP contribution is 2.19. The Bertz CT molecular complexity index is 241. The zero-order valence-electron chi connectivity index (χ0n) is 7.52. The molecule has 0 radical (unpaired) electrons. The molecule has 1 heterocycles. The van der Waals surface area contributed by atoms with E-state index in [0.717, 1.165) is 35.2 Å². The quantitative estimate of drug-likeness (QED) is 0.733. The van der Waals surface area contributed by atoms with Crippen LogP contribution in [-0.2, 0) is 10.5 Å². The maximum absolute atomic E-state index is 5.64. The van der Waals surface area contributed by atoms with Crippen molar-refractivity contribution in [2.24, 2.45) is 0 Å². The lowest BCUT2D eigenvalue weighted by Crippen LogP contribution is -1.93. The summed E-state index contributed by atoms with van der Waals surface area (Å²) in [4.78, 5) is 0. The molecule has 0 aromatic carbocycles. The zero-order valence-corrected chi connectivity index (χ0v) is 9.16. The highest BCUT2D eigenvalue weighted by molar-refractivity contribution is 7.98. The summed E-state index contributed by atoms with van der Waals surface area (Å²) in [5.41, 5.74) is 6.55. The Labute approximate surface area is 86.0 Å². The molecule has 0 saturated heterocycles. The van der Waals surface area contributed by atoms with Crippen LogP contribution in [0.4, 0.5) is 5.00 Å². The highest BCUT2D eigenvalue weighted by Gasteiger charge is 2.02. The van der Waals surface area contributed by atoms with Gasteiger partial charge in [0.15, 0.2) is 0 Å². The number of rotatable bonds is 6. The number of hydrogen-bond donors (Lipinski definition) is 1. The van der Waals surface area contributed by atoms with Crippen molar-refractivity contribution in [3.05, 3.63) is 5.69 Å². The van der Waals surface area contributed by atoms with Crippen molar-refractivity contribution in [2.75, 3.05) is 25.2 Å². The molecule has 0 unspecified atom stereocenters. The van der Waals surface area contributed by atoms with E-state index in [1.165, 1.54) is 11.5 Å². The third-order valence-electron chi connectivity index (χ3n) is 1.46. The molecule has 1 aromatic heterocycles. The lowest BCUT2D eigenvalue weighted by Gasteiger charge is -1.98. The molecule has 0 aliphatic carbocycles. The van der Waals surface area contributed by atoms with E-state index in [0.29, 0.717) is 0 Å². The molecule has 2 N–H and O–H groups in total. The first kappa shape index (κ1) is 10.7. The molecule has 6 heteroatoms. The second-order valence-electron chi connectivity index (χ2n) is 2.48. The summed E-state index contributed by atoms with van der Waals surface area (Å²) in [7, 11) is 1.72. The van der Waals surface area contributed by atoms with Crippen LogP contribution in [0.25, 0.3) is 0 Å². The van der Waals surface area contributed by atoms with Gasteiger partial charge in [0, 0.05) is 31.0 Å². The normalized spacial score (nSPS) is 10.5. The van der Waals surface area contributed by atoms with E-state index in [1.807, 2.05) is 11.8 Å². The monoisotopic (exact) mass is 219 g/mol. The SMILES string of the molecule is COCCCSCc1nnsc1N. The van der Waals surface area contributed by atoms with Crippen LogP contribution in [0.15, 0.2) is 0 Å². The predicted octanol–water partition coefficient (Wildman–Crippen LogP) is 1.39. The number of methoxy groups -OCH3 is 1. The van der Waals surface area contributed by atoms with E-state index < -0.39 is 0 Å². The van der Waals surface area contributed by atoms with Crippen LogP contribution < -0.4 is 5.73 Å². The second-order valence-corrected chi connectivity index (χ2v) is 4.37. The van der Waals surface area contributed by atoms with E-state index in [9.17, 15) is 0 Å². The fraction of sp³-hybridized carbons (Fsp3) is 0.714. The van der Waals surface area contributed by atoms with Gasteiger partial charge in [-0.1, -0.05) is 4.49 Å². The van der Waals surface area contributed by atoms with Crippen molar-refractivity contribution in [1.82, 2.24) is 9.59 Å². The lowest BCUT2D eigenvalue weighted by atomic mass is 10.5. The maximum atomic E-state index is 5.64. The van der Waals surface area contributed by atoms with Crippen LogP contribution in [0.2, 0.25) is 0 Å². The standard InChI is InChI=1S/C7H13N3OS2/c1-11-3-2-4-12-5-6-7(8)13-10-9-6/h2-5,8H2,1H3. The lowest BCUT2D eigenvalue weighted by molar-refractivity contribution is 0.200. The van der Waals surface area contributed by atoms with Gasteiger partial charge in [-0.25, -0.2) is 0 Å². The van der Waals surface area contributed by atoms with Gasteiger partial charge in [0.05, 0.1) is 0 Å². The van der Waals surface area contributed by atoms with Gasteiger partial charge in [-0.3, -0.25) is 0 Å². The molecule has 1 rings (SSSR count). The molecule has 0 bridgehead atoms. The summed E-state index contributed by atoms with van der Waals surface area (Å²) in [5.74, 6) is 1.93. The van der Waals surface area contributed by atoms with E-state index in [1.54, 1.807) is 7.11 Å². The minimum Gasteiger partial charge on any atom is -0.388 e. The average molecular weight is 219 g/mol. The number of nitrogen functional groups attached to an aromatic ring is 1. The number of thioether (sulfide) groups is 1. The van der Waals surface area contributed by atoms with Crippen molar-refractivity contribution in [1.29, 1.82) is 0 Å². The van der Waals surface area contributed by atoms with E-state index in [4.69, 9.17) is 10.5 Å². The van der Waals surface area contributed by atoms with Gasteiger partial charge in [0.25, 0.3) is 0 Å². The summed E-state index contributed by atoms with van der Waals surface area (Å²) in [5, 5.41) is 4.66. The Morgan fingerprint density at radius 1 is 1.62 bits per heavy atom. The topological polar surface area (TPSA) is 61.0 Å². The van der Waals surface area contributed by atoms with Gasteiger partial charge in [0.2, 0.25) is 0 Å². The molecule has 0 aliphatic rings. The summed E-state index contributed by atoms with van der Waals surface area (Å²) < 4.78 is 8.70. The van der Waals surface area contributed by atoms with Crippen molar-refractivity contribution < 1.29 is 4.74 Å². The number of nitrogens with zero attached hydrogens (tertiary/aromatic N) is 2. The Kier molecular flexibility index (Phi) is 5.10. The van der Waals surface area contributed by atoms with Crippen LogP contribution in [0.5, 0.6) is 0 Å². The zero-order chi connectivity index (χ0) is 9.52. The van der Waals surface area contributed by atoms with Crippen molar-refractivity contribution in [3.63, 3.8) is 0 Å². The third-order valence-corrected chi connectivity index (χ3v) is 3.11. The Morgan fingerprint density at radius 2 is 2.46 bits per heavy atom. The minimum atomic E-state index is 0.735. The third kappa shape index (κ3) is 3.93.